The second-order valence-corrected chi connectivity index (χ2v) is 10.6. The molecule has 2 aliphatic carbocycles. The molecule has 2 fully saturated rings. The third kappa shape index (κ3) is 5.55. The van der Waals surface area contributed by atoms with Gasteiger partial charge in [-0.2, -0.15) is 0 Å². The van der Waals surface area contributed by atoms with Crippen LogP contribution in [0.2, 0.25) is 0 Å². The highest BCUT2D eigenvalue weighted by atomic mass is 16.5. The molecule has 0 aromatic heterocycles. The Balaban J connectivity index is 1.70. The average Bonchev–Trinajstić information content (AvgIpc) is 2.83. The quantitative estimate of drug-likeness (QED) is 0.196. The topological polar surface area (TPSA) is 55.8 Å². The van der Waals surface area contributed by atoms with E-state index in [9.17, 15) is 9.90 Å². The molecule has 4 nitrogen and oxygen atoms in total. The lowest BCUT2D eigenvalue weighted by molar-refractivity contribution is -0.152. The Morgan fingerprint density at radius 1 is 1.24 bits per heavy atom. The molecule has 2 saturated carbocycles. The summed E-state index contributed by atoms with van der Waals surface area (Å²) in [6.45, 7) is 17.1. The standard InChI is InChI=1S/C30H40O4/c1-7-21(2)9-15-25-22(3)26(31)19-27-29(4,17-8-18-30(25,27)5)20-34-28(32)16-12-23-10-13-24(33-6)14-11-23/h7,10-14,16,25-27,31H,1-3,8-9,15,17-20H2,4-6H3/b16-12+/t25-,26-,27-,29+,30+/m0/s1. The number of carbonyl (C=O) groups is 1. The zero-order chi connectivity index (χ0) is 24.9. The number of carbonyl (C=O) groups excluding carboxylic acids is 1. The molecule has 34 heavy (non-hydrogen) atoms. The monoisotopic (exact) mass is 464 g/mol. The van der Waals surface area contributed by atoms with Crippen molar-refractivity contribution in [3.8, 4) is 5.75 Å². The molecule has 0 aliphatic heterocycles. The maximum absolute atomic E-state index is 12.5. The van der Waals surface area contributed by atoms with Gasteiger partial charge in [-0.1, -0.05) is 63.8 Å². The predicted octanol–water partition coefficient (Wildman–Crippen LogP) is 6.52. The third-order valence-electron chi connectivity index (χ3n) is 8.35. The minimum absolute atomic E-state index is 0.0100. The van der Waals surface area contributed by atoms with Gasteiger partial charge in [0.15, 0.2) is 0 Å². The number of ether oxygens (including phenoxy) is 2. The maximum Gasteiger partial charge on any atom is 0.330 e. The second-order valence-electron chi connectivity index (χ2n) is 10.6. The van der Waals surface area contributed by atoms with Crippen molar-refractivity contribution < 1.29 is 19.4 Å². The van der Waals surface area contributed by atoms with Crippen LogP contribution in [0.25, 0.3) is 6.08 Å². The van der Waals surface area contributed by atoms with Crippen molar-refractivity contribution in [1.29, 1.82) is 0 Å². The van der Waals surface area contributed by atoms with Gasteiger partial charge < -0.3 is 14.6 Å². The zero-order valence-corrected chi connectivity index (χ0v) is 21.0. The SMILES string of the molecule is C=CC(=C)CC[C@H]1C(=C)[C@@H](O)C[C@H]2[C@@](C)(COC(=O)/C=C/c3ccc(OC)cc3)CCC[C@]12C. The van der Waals surface area contributed by atoms with E-state index in [1.807, 2.05) is 30.3 Å². The molecule has 1 aromatic carbocycles. The van der Waals surface area contributed by atoms with Crippen LogP contribution in [-0.2, 0) is 9.53 Å². The summed E-state index contributed by atoms with van der Waals surface area (Å²) in [5, 5.41) is 10.9. The van der Waals surface area contributed by atoms with Crippen LogP contribution < -0.4 is 4.74 Å². The number of esters is 1. The molecule has 3 rings (SSSR count). The van der Waals surface area contributed by atoms with Gasteiger partial charge in [-0.05, 0) is 78.7 Å². The van der Waals surface area contributed by atoms with E-state index in [-0.39, 0.29) is 28.6 Å². The molecule has 0 heterocycles. The lowest BCUT2D eigenvalue weighted by Crippen LogP contribution is -2.55. The Hall–Kier alpha value is -2.59. The van der Waals surface area contributed by atoms with Crippen LogP contribution in [0, 0.1) is 22.7 Å². The number of hydrogen-bond acceptors (Lipinski definition) is 4. The van der Waals surface area contributed by atoms with Crippen LogP contribution in [-0.4, -0.2) is 30.9 Å². The summed E-state index contributed by atoms with van der Waals surface area (Å²) >= 11 is 0. The molecule has 0 unspecified atom stereocenters. The van der Waals surface area contributed by atoms with Gasteiger partial charge in [0.1, 0.15) is 5.75 Å². The van der Waals surface area contributed by atoms with Crippen LogP contribution in [0.4, 0.5) is 0 Å². The Labute approximate surface area is 205 Å². The Kier molecular flexibility index (Phi) is 8.25. The Morgan fingerprint density at radius 2 is 1.94 bits per heavy atom. The van der Waals surface area contributed by atoms with Gasteiger partial charge in [0.05, 0.1) is 19.8 Å². The summed E-state index contributed by atoms with van der Waals surface area (Å²) in [7, 11) is 1.63. The highest BCUT2D eigenvalue weighted by Gasteiger charge is 2.56. The number of allylic oxidation sites excluding steroid dienone is 2. The average molecular weight is 465 g/mol. The zero-order valence-electron chi connectivity index (χ0n) is 21.0. The second kappa shape index (κ2) is 10.8. The molecule has 0 saturated heterocycles. The number of methoxy groups -OCH3 is 1. The van der Waals surface area contributed by atoms with Crippen LogP contribution in [0.3, 0.4) is 0 Å². The summed E-state index contributed by atoms with van der Waals surface area (Å²) in [4.78, 5) is 12.5. The lowest BCUT2D eigenvalue weighted by Gasteiger charge is -2.59. The number of aliphatic hydroxyl groups is 1. The maximum atomic E-state index is 12.5. The smallest absolute Gasteiger partial charge is 0.330 e. The first-order valence-corrected chi connectivity index (χ1v) is 12.3. The van der Waals surface area contributed by atoms with Crippen LogP contribution in [0.15, 0.2) is 67.3 Å². The van der Waals surface area contributed by atoms with Crippen molar-refractivity contribution in [1.82, 2.24) is 0 Å². The van der Waals surface area contributed by atoms with Crippen molar-refractivity contribution in [3.05, 3.63) is 72.9 Å². The molecule has 0 radical (unpaired) electrons. The molecule has 0 amide bonds. The van der Waals surface area contributed by atoms with Gasteiger partial charge in [0.25, 0.3) is 0 Å². The fraction of sp³-hybridized carbons (Fsp3) is 0.500. The predicted molar refractivity (Wildman–Crippen MR) is 138 cm³/mol. The van der Waals surface area contributed by atoms with Gasteiger partial charge in [0.2, 0.25) is 0 Å². The molecule has 4 heteroatoms. The Morgan fingerprint density at radius 3 is 2.59 bits per heavy atom. The lowest BCUT2D eigenvalue weighted by atomic mass is 9.46. The highest BCUT2D eigenvalue weighted by molar-refractivity contribution is 5.87. The first kappa shape index (κ1) is 26.0. The van der Waals surface area contributed by atoms with Crippen LogP contribution in [0.5, 0.6) is 5.75 Å². The fourth-order valence-corrected chi connectivity index (χ4v) is 6.30. The van der Waals surface area contributed by atoms with E-state index in [1.54, 1.807) is 13.2 Å². The van der Waals surface area contributed by atoms with Gasteiger partial charge in [-0.25, -0.2) is 4.79 Å². The molecule has 184 valence electrons. The summed E-state index contributed by atoms with van der Waals surface area (Å²) in [6.07, 6.45) is 10.1. The van der Waals surface area contributed by atoms with E-state index in [2.05, 4.69) is 33.6 Å². The van der Waals surface area contributed by atoms with Crippen LogP contribution >= 0.6 is 0 Å². The first-order valence-electron chi connectivity index (χ1n) is 12.3. The molecule has 1 N–H and O–H groups in total. The largest absolute Gasteiger partial charge is 0.497 e. The van der Waals surface area contributed by atoms with Crippen molar-refractivity contribution in [2.24, 2.45) is 22.7 Å². The highest BCUT2D eigenvalue weighted by Crippen LogP contribution is 2.62. The first-order chi connectivity index (χ1) is 16.1. The molecule has 0 bridgehead atoms. The van der Waals surface area contributed by atoms with E-state index < -0.39 is 6.10 Å². The molecule has 2 aliphatic rings. The minimum atomic E-state index is -0.525. The number of benzene rings is 1. The molecular weight excluding hydrogens is 424 g/mol. The molecular formula is C30H40O4. The van der Waals surface area contributed by atoms with E-state index in [0.717, 1.165) is 54.6 Å². The normalized spacial score (nSPS) is 31.1. The Bertz CT molecular complexity index is 943. The third-order valence-corrected chi connectivity index (χ3v) is 8.35. The van der Waals surface area contributed by atoms with E-state index in [0.29, 0.717) is 13.0 Å². The summed E-state index contributed by atoms with van der Waals surface area (Å²) < 4.78 is 10.9. The fourth-order valence-electron chi connectivity index (χ4n) is 6.30. The van der Waals surface area contributed by atoms with Crippen molar-refractivity contribution in [2.75, 3.05) is 13.7 Å². The number of aliphatic hydroxyl groups excluding tert-OH is 1. The van der Waals surface area contributed by atoms with Gasteiger partial charge in [-0.3, -0.25) is 0 Å². The molecule has 0 spiro atoms. The van der Waals surface area contributed by atoms with E-state index in [4.69, 9.17) is 9.47 Å². The van der Waals surface area contributed by atoms with Gasteiger partial charge in [-0.15, -0.1) is 0 Å². The summed E-state index contributed by atoms with van der Waals surface area (Å²) in [6, 6.07) is 7.51. The van der Waals surface area contributed by atoms with Gasteiger partial charge in [0, 0.05) is 11.5 Å². The minimum Gasteiger partial charge on any atom is -0.497 e. The van der Waals surface area contributed by atoms with Gasteiger partial charge >= 0.3 is 5.97 Å². The number of fused-ring (bicyclic) bond motifs is 1. The van der Waals surface area contributed by atoms with Crippen molar-refractivity contribution in [3.63, 3.8) is 0 Å². The number of rotatable bonds is 9. The summed E-state index contributed by atoms with van der Waals surface area (Å²) in [5.41, 5.74) is 2.69. The van der Waals surface area contributed by atoms with Crippen molar-refractivity contribution >= 4 is 12.0 Å². The van der Waals surface area contributed by atoms with Crippen LogP contribution in [0.1, 0.15) is 57.9 Å². The molecule has 5 atom stereocenters. The van der Waals surface area contributed by atoms with E-state index >= 15 is 0 Å². The van der Waals surface area contributed by atoms with Crippen molar-refractivity contribution in [2.45, 2.75) is 58.5 Å². The number of hydrogen-bond donors (Lipinski definition) is 1. The molecule has 1 aromatic rings. The van der Waals surface area contributed by atoms with E-state index in [1.165, 1.54) is 6.08 Å². The summed E-state index contributed by atoms with van der Waals surface area (Å²) in [5.74, 6) is 0.888.